The van der Waals surface area contributed by atoms with Gasteiger partial charge in [-0.25, -0.2) is 0 Å². The Morgan fingerprint density at radius 2 is 2.05 bits per heavy atom. The molecule has 0 spiro atoms. The number of nitrogens with zero attached hydrogens (tertiary/aromatic N) is 2. The van der Waals surface area contributed by atoms with Crippen molar-refractivity contribution < 1.29 is 9.52 Å². The molecule has 2 aromatic rings. The van der Waals surface area contributed by atoms with Crippen LogP contribution < -0.4 is 5.43 Å². The number of hydrogen-bond donors (Lipinski definition) is 1. The highest BCUT2D eigenvalue weighted by Crippen LogP contribution is 2.12. The summed E-state index contributed by atoms with van der Waals surface area (Å²) in [5, 5.41) is 9.68. The first kappa shape index (κ1) is 15.9. The topological polar surface area (TPSA) is 58.6 Å². The van der Waals surface area contributed by atoms with E-state index in [0.717, 1.165) is 11.5 Å². The molecule has 0 fully saturated rings. The van der Waals surface area contributed by atoms with E-state index in [-0.39, 0.29) is 11.2 Å². The smallest absolute Gasteiger partial charge is 0.223 e. The van der Waals surface area contributed by atoms with Crippen LogP contribution in [0.2, 0.25) is 0 Å². The van der Waals surface area contributed by atoms with Gasteiger partial charge in [0.05, 0.1) is 19.0 Å². The zero-order valence-electron chi connectivity index (χ0n) is 12.4. The van der Waals surface area contributed by atoms with E-state index in [1.807, 2.05) is 10.6 Å². The first-order chi connectivity index (χ1) is 10.6. The van der Waals surface area contributed by atoms with Crippen LogP contribution in [0.1, 0.15) is 11.5 Å². The van der Waals surface area contributed by atoms with E-state index in [9.17, 15) is 9.90 Å². The third kappa shape index (κ3) is 3.99. The minimum absolute atomic E-state index is 0.269. The van der Waals surface area contributed by atoms with Gasteiger partial charge < -0.3 is 14.1 Å². The molecule has 0 aliphatic carbocycles. The molecule has 0 unspecified atom stereocenters. The van der Waals surface area contributed by atoms with Crippen molar-refractivity contribution in [2.24, 2.45) is 0 Å². The third-order valence-electron chi connectivity index (χ3n) is 3.26. The van der Waals surface area contributed by atoms with E-state index in [2.05, 4.69) is 18.1 Å². The van der Waals surface area contributed by atoms with Crippen molar-refractivity contribution in [3.63, 3.8) is 0 Å². The Labute approximate surface area is 129 Å². The fourth-order valence-corrected chi connectivity index (χ4v) is 2.25. The number of hydrogen-bond acceptors (Lipinski definition) is 4. The maximum atomic E-state index is 11.7. The van der Waals surface area contributed by atoms with E-state index in [0.29, 0.717) is 26.2 Å². The van der Waals surface area contributed by atoms with Crippen molar-refractivity contribution in [2.75, 3.05) is 13.1 Å². The summed E-state index contributed by atoms with van der Waals surface area (Å²) in [5.74, 6) is 0.484. The number of aromatic hydroxyl groups is 1. The molecule has 0 atom stereocenters. The largest absolute Gasteiger partial charge is 0.503 e. The quantitative estimate of drug-likeness (QED) is 0.760. The first-order valence-corrected chi connectivity index (χ1v) is 7.03. The lowest BCUT2D eigenvalue weighted by molar-refractivity contribution is 0.315. The highest BCUT2D eigenvalue weighted by atomic mass is 16.3. The van der Waals surface area contributed by atoms with Crippen molar-refractivity contribution in [1.29, 1.82) is 0 Å². The van der Waals surface area contributed by atoms with E-state index in [4.69, 9.17) is 4.42 Å². The Morgan fingerprint density at radius 3 is 2.64 bits per heavy atom. The van der Waals surface area contributed by atoms with Crippen LogP contribution >= 0.6 is 0 Å². The normalized spacial score (nSPS) is 10.8. The van der Waals surface area contributed by atoms with Gasteiger partial charge in [-0.15, -0.1) is 13.2 Å². The minimum Gasteiger partial charge on any atom is -0.503 e. The molecule has 22 heavy (non-hydrogen) atoms. The average Bonchev–Trinajstić information content (AvgIpc) is 2.98. The van der Waals surface area contributed by atoms with Crippen molar-refractivity contribution in [2.45, 2.75) is 13.1 Å². The second kappa shape index (κ2) is 7.47. The maximum Gasteiger partial charge on any atom is 0.223 e. The Bertz CT molecular complexity index is 676. The van der Waals surface area contributed by atoms with Crippen molar-refractivity contribution in [3.8, 4) is 5.75 Å². The second-order valence-corrected chi connectivity index (χ2v) is 4.99. The molecule has 0 aromatic carbocycles. The summed E-state index contributed by atoms with van der Waals surface area (Å²) in [6.45, 7) is 9.84. The van der Waals surface area contributed by atoms with Gasteiger partial charge in [-0.05, 0) is 12.1 Å². The van der Waals surface area contributed by atoms with Crippen LogP contribution in [0, 0.1) is 0 Å². The molecule has 0 amide bonds. The molecule has 5 nitrogen and oxygen atoms in total. The van der Waals surface area contributed by atoms with Crippen LogP contribution in [0.15, 0.2) is 65.2 Å². The summed E-state index contributed by atoms with van der Waals surface area (Å²) in [7, 11) is 0. The number of pyridine rings is 1. The summed E-state index contributed by atoms with van der Waals surface area (Å²) in [6.07, 6.45) is 6.65. The number of furan rings is 1. The minimum atomic E-state index is -0.386. The molecule has 2 aromatic heterocycles. The molecule has 0 saturated heterocycles. The lowest BCUT2D eigenvalue weighted by Crippen LogP contribution is -2.26. The molecule has 5 heteroatoms. The van der Waals surface area contributed by atoms with Crippen molar-refractivity contribution in [3.05, 3.63) is 77.6 Å². The van der Waals surface area contributed by atoms with Gasteiger partial charge >= 0.3 is 0 Å². The van der Waals surface area contributed by atoms with Crippen LogP contribution in [0.25, 0.3) is 0 Å². The zero-order chi connectivity index (χ0) is 15.9. The molecule has 0 aliphatic rings. The number of aromatic nitrogens is 1. The lowest BCUT2D eigenvalue weighted by atomic mass is 10.2. The molecular formula is C17H20N2O3. The monoisotopic (exact) mass is 300 g/mol. The Balaban J connectivity index is 2.31. The van der Waals surface area contributed by atoms with Gasteiger partial charge in [-0.3, -0.25) is 9.69 Å². The fourth-order valence-electron chi connectivity index (χ4n) is 2.25. The molecule has 0 saturated carbocycles. The summed E-state index contributed by atoms with van der Waals surface area (Å²) < 4.78 is 7.15. The van der Waals surface area contributed by atoms with E-state index < -0.39 is 0 Å². The zero-order valence-corrected chi connectivity index (χ0v) is 12.4. The Hall–Kier alpha value is -2.53. The fraction of sp³-hybridized carbons (Fsp3) is 0.235. The lowest BCUT2D eigenvalue weighted by Gasteiger charge is -2.21. The predicted molar refractivity (Wildman–Crippen MR) is 85.8 cm³/mol. The molecule has 0 aliphatic heterocycles. The summed E-state index contributed by atoms with van der Waals surface area (Å²) in [6, 6.07) is 5.11. The van der Waals surface area contributed by atoms with Crippen molar-refractivity contribution in [1.82, 2.24) is 9.47 Å². The number of rotatable bonds is 8. The van der Waals surface area contributed by atoms with Crippen molar-refractivity contribution >= 4 is 0 Å². The van der Waals surface area contributed by atoms with Gasteiger partial charge in [0.1, 0.15) is 5.76 Å². The summed E-state index contributed by atoms with van der Waals surface area (Å²) >= 11 is 0. The third-order valence-corrected chi connectivity index (χ3v) is 3.26. The average molecular weight is 300 g/mol. The van der Waals surface area contributed by atoms with Gasteiger partial charge in [0.25, 0.3) is 0 Å². The molecule has 0 radical (unpaired) electrons. The van der Waals surface area contributed by atoms with Crippen LogP contribution in [0.5, 0.6) is 5.75 Å². The molecule has 1 N–H and O–H groups in total. The van der Waals surface area contributed by atoms with Crippen LogP contribution in [-0.2, 0) is 13.1 Å². The van der Waals surface area contributed by atoms with Gasteiger partial charge in [0.2, 0.25) is 5.43 Å². The first-order valence-electron chi connectivity index (χ1n) is 7.03. The van der Waals surface area contributed by atoms with Crippen LogP contribution in [0.4, 0.5) is 0 Å². The maximum absolute atomic E-state index is 11.7. The van der Waals surface area contributed by atoms with Crippen LogP contribution in [-0.4, -0.2) is 27.7 Å². The molecular weight excluding hydrogens is 280 g/mol. The Kier molecular flexibility index (Phi) is 5.38. The molecule has 2 rings (SSSR count). The van der Waals surface area contributed by atoms with E-state index >= 15 is 0 Å². The molecule has 0 bridgehead atoms. The van der Waals surface area contributed by atoms with Gasteiger partial charge in [0.15, 0.2) is 5.75 Å². The van der Waals surface area contributed by atoms with Gasteiger partial charge in [-0.2, -0.15) is 0 Å². The Morgan fingerprint density at radius 1 is 1.32 bits per heavy atom. The summed E-state index contributed by atoms with van der Waals surface area (Å²) in [4.78, 5) is 13.8. The predicted octanol–water partition coefficient (Wildman–Crippen LogP) is 2.37. The van der Waals surface area contributed by atoms with E-state index in [1.165, 1.54) is 12.3 Å². The van der Waals surface area contributed by atoms with Crippen LogP contribution in [0.3, 0.4) is 0 Å². The summed E-state index contributed by atoms with van der Waals surface area (Å²) in [5.41, 5.74) is 0.408. The van der Waals surface area contributed by atoms with Gasteiger partial charge in [-0.1, -0.05) is 12.2 Å². The second-order valence-electron chi connectivity index (χ2n) is 4.99. The highest BCUT2D eigenvalue weighted by molar-refractivity contribution is 5.21. The standard InChI is InChI=1S/C17H20N2O3/c1-3-7-18(8-4-2)11-14-10-16(20)17(21)13-19(14)12-15-6-5-9-22-15/h3-6,9-10,13,21H,1-2,7-8,11-12H2. The molecule has 116 valence electrons. The van der Waals surface area contributed by atoms with E-state index in [1.54, 1.807) is 24.5 Å². The highest BCUT2D eigenvalue weighted by Gasteiger charge is 2.11. The van der Waals surface area contributed by atoms with Gasteiger partial charge in [0, 0.05) is 31.4 Å². The molecule has 2 heterocycles. The SMILES string of the molecule is C=CCN(CC=C)Cc1cc(=O)c(O)cn1Cc1ccco1.